The maximum atomic E-state index is 12.2. The number of fused-ring (bicyclic) bond motifs is 1. The van der Waals surface area contributed by atoms with E-state index < -0.39 is 17.5 Å². The largest absolute Gasteiger partial charge is 0.459 e. The third-order valence-corrected chi connectivity index (χ3v) is 3.77. The molecule has 3 aromatic rings. The van der Waals surface area contributed by atoms with Crippen LogP contribution >= 0.6 is 0 Å². The van der Waals surface area contributed by atoms with Crippen molar-refractivity contribution < 1.29 is 14.3 Å². The molecule has 0 fully saturated rings. The minimum absolute atomic E-state index is 0.0656. The van der Waals surface area contributed by atoms with E-state index in [2.05, 4.69) is 15.1 Å². The number of primary amides is 1. The molecule has 142 valence electrons. The fourth-order valence-electron chi connectivity index (χ4n) is 2.69. The Kier molecular flexibility index (Phi) is 4.79. The molecule has 0 bridgehead atoms. The van der Waals surface area contributed by atoms with Crippen molar-refractivity contribution in [1.82, 2.24) is 19.7 Å². The summed E-state index contributed by atoms with van der Waals surface area (Å²) in [6.07, 6.45) is 3.05. The van der Waals surface area contributed by atoms with E-state index in [9.17, 15) is 9.59 Å². The van der Waals surface area contributed by atoms with Crippen LogP contribution in [0.1, 0.15) is 37.1 Å². The summed E-state index contributed by atoms with van der Waals surface area (Å²) in [5.41, 5.74) is 6.80. The average Bonchev–Trinajstić information content (AvgIpc) is 2.98. The van der Waals surface area contributed by atoms with E-state index in [-0.39, 0.29) is 18.1 Å². The Morgan fingerprint density at radius 3 is 2.46 bits per heavy atom. The van der Waals surface area contributed by atoms with Gasteiger partial charge in [0.15, 0.2) is 5.69 Å². The van der Waals surface area contributed by atoms with Crippen molar-refractivity contribution >= 4 is 22.8 Å². The molecule has 2 N–H and O–H groups in total. The molecule has 0 saturated carbocycles. The standard InChI is InChI=1S/C19H18N6O3/c1-19(2,3)28-16(26)10-25-14-6-11(12-8-22-15(7-20)23-9-12)4-5-13(14)17(24-25)18(21)27/h4-6,8-9H,10H2,1-3H3,(H2,21,27). The van der Waals surface area contributed by atoms with E-state index in [0.717, 1.165) is 5.56 Å². The molecule has 1 aromatic carbocycles. The summed E-state index contributed by atoms with van der Waals surface area (Å²) in [7, 11) is 0. The molecule has 2 heterocycles. The second kappa shape index (κ2) is 7.08. The monoisotopic (exact) mass is 378 g/mol. The van der Waals surface area contributed by atoms with Crippen LogP contribution in [0.5, 0.6) is 0 Å². The molecule has 9 nitrogen and oxygen atoms in total. The highest BCUT2D eigenvalue weighted by Crippen LogP contribution is 2.26. The Balaban J connectivity index is 2.05. The lowest BCUT2D eigenvalue weighted by Crippen LogP contribution is -2.27. The lowest BCUT2D eigenvalue weighted by molar-refractivity contribution is -0.155. The Bertz CT molecular complexity index is 1100. The van der Waals surface area contributed by atoms with Crippen molar-refractivity contribution in [1.29, 1.82) is 5.26 Å². The molecule has 2 aromatic heterocycles. The molecular formula is C19H18N6O3. The van der Waals surface area contributed by atoms with Gasteiger partial charge in [-0.1, -0.05) is 6.07 Å². The van der Waals surface area contributed by atoms with Gasteiger partial charge in [0.05, 0.1) is 5.52 Å². The zero-order chi connectivity index (χ0) is 20.5. The number of benzene rings is 1. The normalized spacial score (nSPS) is 11.2. The Labute approximate surface area is 160 Å². The highest BCUT2D eigenvalue weighted by molar-refractivity contribution is 6.05. The molecule has 3 rings (SSSR count). The SMILES string of the molecule is CC(C)(C)OC(=O)Cn1nc(C(N)=O)c2ccc(-c3cnc(C#N)nc3)cc21. The molecule has 0 aliphatic heterocycles. The number of hydrogen-bond acceptors (Lipinski definition) is 7. The fourth-order valence-corrected chi connectivity index (χ4v) is 2.69. The highest BCUT2D eigenvalue weighted by Gasteiger charge is 2.21. The van der Waals surface area contributed by atoms with Crippen LogP contribution in [0, 0.1) is 11.3 Å². The molecule has 0 atom stereocenters. The second-order valence-corrected chi connectivity index (χ2v) is 7.10. The van der Waals surface area contributed by atoms with E-state index in [0.29, 0.717) is 16.5 Å². The molecule has 1 amide bonds. The Hall–Kier alpha value is -3.80. The molecule has 0 spiro atoms. The van der Waals surface area contributed by atoms with Gasteiger partial charge in [0, 0.05) is 23.3 Å². The summed E-state index contributed by atoms with van der Waals surface area (Å²) in [5.74, 6) is -1.11. The zero-order valence-corrected chi connectivity index (χ0v) is 15.6. The van der Waals surface area contributed by atoms with Crippen LogP contribution in [0.15, 0.2) is 30.6 Å². The van der Waals surface area contributed by atoms with Gasteiger partial charge in [-0.05, 0) is 38.5 Å². The van der Waals surface area contributed by atoms with Crippen molar-refractivity contribution in [3.63, 3.8) is 0 Å². The van der Waals surface area contributed by atoms with Gasteiger partial charge < -0.3 is 10.5 Å². The number of rotatable bonds is 4. The van der Waals surface area contributed by atoms with E-state index in [1.807, 2.05) is 6.07 Å². The summed E-state index contributed by atoms with van der Waals surface area (Å²) >= 11 is 0. The van der Waals surface area contributed by atoms with Crippen molar-refractivity contribution in [2.45, 2.75) is 32.9 Å². The lowest BCUT2D eigenvalue weighted by atomic mass is 10.1. The molecule has 0 radical (unpaired) electrons. The van der Waals surface area contributed by atoms with Crippen LogP contribution in [0.3, 0.4) is 0 Å². The quantitative estimate of drug-likeness (QED) is 0.683. The summed E-state index contributed by atoms with van der Waals surface area (Å²) in [6, 6.07) is 7.07. The summed E-state index contributed by atoms with van der Waals surface area (Å²) in [6.45, 7) is 5.13. The molecule has 0 saturated heterocycles. The smallest absolute Gasteiger partial charge is 0.328 e. The first-order chi connectivity index (χ1) is 13.2. The lowest BCUT2D eigenvalue weighted by Gasteiger charge is -2.19. The maximum absolute atomic E-state index is 12.2. The van der Waals surface area contributed by atoms with E-state index in [4.69, 9.17) is 15.7 Å². The number of nitrogens with two attached hydrogens (primary N) is 1. The fraction of sp³-hybridized carbons (Fsp3) is 0.263. The average molecular weight is 378 g/mol. The van der Waals surface area contributed by atoms with Gasteiger partial charge >= 0.3 is 5.97 Å². The number of esters is 1. The molecular weight excluding hydrogens is 360 g/mol. The van der Waals surface area contributed by atoms with Crippen molar-refractivity contribution in [3.8, 4) is 17.2 Å². The predicted molar refractivity (Wildman–Crippen MR) is 99.8 cm³/mol. The first-order valence-electron chi connectivity index (χ1n) is 8.42. The minimum atomic E-state index is -0.692. The first-order valence-corrected chi connectivity index (χ1v) is 8.42. The third kappa shape index (κ3) is 3.96. The molecule has 28 heavy (non-hydrogen) atoms. The predicted octanol–water partition coefficient (Wildman–Crippen LogP) is 1.81. The van der Waals surface area contributed by atoms with E-state index in [1.165, 1.54) is 17.1 Å². The number of nitrogens with zero attached hydrogens (tertiary/aromatic N) is 5. The van der Waals surface area contributed by atoms with Gasteiger partial charge in [0.2, 0.25) is 5.82 Å². The summed E-state index contributed by atoms with van der Waals surface area (Å²) < 4.78 is 6.72. The summed E-state index contributed by atoms with van der Waals surface area (Å²) in [5, 5.41) is 13.5. The van der Waals surface area contributed by atoms with Crippen molar-refractivity contribution in [2.24, 2.45) is 5.73 Å². The summed E-state index contributed by atoms with van der Waals surface area (Å²) in [4.78, 5) is 31.9. The number of carbonyl (C=O) groups excluding carboxylic acids is 2. The van der Waals surface area contributed by atoms with Gasteiger partial charge in [0.25, 0.3) is 5.91 Å². The first kappa shape index (κ1) is 19.0. The van der Waals surface area contributed by atoms with Gasteiger partial charge in [-0.3, -0.25) is 14.3 Å². The minimum Gasteiger partial charge on any atom is -0.459 e. The van der Waals surface area contributed by atoms with Crippen molar-refractivity contribution in [2.75, 3.05) is 0 Å². The Morgan fingerprint density at radius 2 is 1.89 bits per heavy atom. The van der Waals surface area contributed by atoms with Crippen LogP contribution in [-0.2, 0) is 16.1 Å². The van der Waals surface area contributed by atoms with Gasteiger partial charge in [-0.15, -0.1) is 0 Å². The molecule has 9 heteroatoms. The molecule has 0 aliphatic rings. The third-order valence-electron chi connectivity index (χ3n) is 3.77. The van der Waals surface area contributed by atoms with Gasteiger partial charge in [0.1, 0.15) is 18.2 Å². The van der Waals surface area contributed by atoms with Gasteiger partial charge in [-0.2, -0.15) is 10.4 Å². The van der Waals surface area contributed by atoms with Crippen LogP contribution in [0.2, 0.25) is 0 Å². The van der Waals surface area contributed by atoms with Crippen LogP contribution in [-0.4, -0.2) is 37.2 Å². The second-order valence-electron chi connectivity index (χ2n) is 7.10. The maximum Gasteiger partial charge on any atom is 0.328 e. The van der Waals surface area contributed by atoms with Gasteiger partial charge in [-0.25, -0.2) is 9.97 Å². The number of nitriles is 1. The van der Waals surface area contributed by atoms with Crippen LogP contribution in [0.4, 0.5) is 0 Å². The topological polar surface area (TPSA) is 137 Å². The Morgan fingerprint density at radius 1 is 1.21 bits per heavy atom. The van der Waals surface area contributed by atoms with E-state index in [1.54, 1.807) is 39.0 Å². The highest BCUT2D eigenvalue weighted by atomic mass is 16.6. The van der Waals surface area contributed by atoms with Crippen LogP contribution < -0.4 is 5.73 Å². The molecule has 0 unspecified atom stereocenters. The number of hydrogen-bond donors (Lipinski definition) is 1. The number of carbonyl (C=O) groups is 2. The van der Waals surface area contributed by atoms with E-state index >= 15 is 0 Å². The number of ether oxygens (including phenoxy) is 1. The zero-order valence-electron chi connectivity index (χ0n) is 15.6. The van der Waals surface area contributed by atoms with Crippen LogP contribution in [0.25, 0.3) is 22.0 Å². The molecule has 0 aliphatic carbocycles. The van der Waals surface area contributed by atoms with Crippen molar-refractivity contribution in [3.05, 3.63) is 42.1 Å². The number of amides is 1. The number of aromatic nitrogens is 4.